The molecule has 2 heterocycles. The van der Waals surface area contributed by atoms with Crippen LogP contribution in [0.2, 0.25) is 0 Å². The molecule has 5 heteroatoms. The van der Waals surface area contributed by atoms with Gasteiger partial charge in [0, 0.05) is 12.3 Å². The van der Waals surface area contributed by atoms with Crippen LogP contribution in [-0.4, -0.2) is 22.4 Å². The van der Waals surface area contributed by atoms with Gasteiger partial charge in [-0.1, -0.05) is 12.1 Å². The highest BCUT2D eigenvalue weighted by molar-refractivity contribution is 7.85. The molecule has 1 atom stereocenters. The molecule has 4 nitrogen and oxygen atoms in total. The second-order valence-electron chi connectivity index (χ2n) is 3.95. The Morgan fingerprint density at radius 2 is 2.06 bits per heavy atom. The third-order valence-electron chi connectivity index (χ3n) is 2.88. The van der Waals surface area contributed by atoms with Gasteiger partial charge in [-0.3, -0.25) is 9.00 Å². The third kappa shape index (κ3) is 1.76. The third-order valence-corrected chi connectivity index (χ3v) is 4.27. The Morgan fingerprint density at radius 1 is 1.22 bits per heavy atom. The lowest BCUT2D eigenvalue weighted by molar-refractivity contribution is 0.0961. The molecule has 2 aromatic rings. The van der Waals surface area contributed by atoms with Crippen molar-refractivity contribution in [2.45, 2.75) is 4.90 Å². The first kappa shape index (κ1) is 11.2. The average Bonchev–Trinajstić information content (AvgIpc) is 2.93. The summed E-state index contributed by atoms with van der Waals surface area (Å²) in [7, 11) is -1.02. The van der Waals surface area contributed by atoms with Crippen LogP contribution in [0.25, 0.3) is 0 Å². The number of anilines is 1. The highest BCUT2D eigenvalue weighted by Gasteiger charge is 2.28. The fraction of sp³-hybridized carbons (Fsp3) is 0.154. The Bertz CT molecular complexity index is 606. The molecule has 0 saturated heterocycles. The first-order valence-corrected chi connectivity index (χ1v) is 6.92. The van der Waals surface area contributed by atoms with Crippen LogP contribution in [0.1, 0.15) is 10.6 Å². The first-order valence-electron chi connectivity index (χ1n) is 5.60. The van der Waals surface area contributed by atoms with E-state index in [9.17, 15) is 9.00 Å². The molecule has 0 aliphatic carbocycles. The molecule has 92 valence electrons. The number of carbonyl (C=O) groups excluding carboxylic acids is 1. The van der Waals surface area contributed by atoms with E-state index >= 15 is 0 Å². The molecule has 0 fully saturated rings. The highest BCUT2D eigenvalue weighted by Crippen LogP contribution is 2.29. The molecule has 1 aromatic carbocycles. The van der Waals surface area contributed by atoms with Gasteiger partial charge < -0.3 is 9.32 Å². The van der Waals surface area contributed by atoms with Gasteiger partial charge in [-0.2, -0.15) is 0 Å². The van der Waals surface area contributed by atoms with Crippen molar-refractivity contribution in [3.63, 3.8) is 0 Å². The van der Waals surface area contributed by atoms with Crippen molar-refractivity contribution < 1.29 is 13.4 Å². The monoisotopic (exact) mass is 261 g/mol. The molecule has 0 N–H and O–H groups in total. The number of amides is 1. The number of hydrogen-bond donors (Lipinski definition) is 0. The molecule has 0 saturated carbocycles. The molecule has 0 bridgehead atoms. The standard InChI is InChI=1S/C13H11NO3S/c15-13(11-5-3-8-17-11)14-7-9-18(16)12-6-2-1-4-10(12)14/h1-6,8H,7,9H2. The van der Waals surface area contributed by atoms with Crippen molar-refractivity contribution in [2.24, 2.45) is 0 Å². The number of para-hydroxylation sites is 1. The summed E-state index contributed by atoms with van der Waals surface area (Å²) in [5.74, 6) is 0.574. The highest BCUT2D eigenvalue weighted by atomic mass is 32.2. The van der Waals surface area contributed by atoms with Gasteiger partial charge in [-0.15, -0.1) is 0 Å². The summed E-state index contributed by atoms with van der Waals surface area (Å²) in [6, 6.07) is 10.6. The lowest BCUT2D eigenvalue weighted by atomic mass is 10.2. The predicted molar refractivity (Wildman–Crippen MR) is 68.1 cm³/mol. The summed E-state index contributed by atoms with van der Waals surface area (Å²) in [6.07, 6.45) is 1.47. The molecule has 1 amide bonds. The fourth-order valence-corrected chi connectivity index (χ4v) is 3.23. The maximum Gasteiger partial charge on any atom is 0.294 e. The Hall–Kier alpha value is -1.88. The molecule has 1 aliphatic rings. The molecule has 18 heavy (non-hydrogen) atoms. The van der Waals surface area contributed by atoms with Crippen molar-refractivity contribution in [2.75, 3.05) is 17.2 Å². The van der Waals surface area contributed by atoms with Gasteiger partial charge in [0.25, 0.3) is 5.91 Å². The molecule has 1 aromatic heterocycles. The molecule has 0 radical (unpaired) electrons. The van der Waals surface area contributed by atoms with Crippen molar-refractivity contribution in [1.29, 1.82) is 0 Å². The molecule has 1 unspecified atom stereocenters. The minimum atomic E-state index is -1.02. The number of hydrogen-bond acceptors (Lipinski definition) is 3. The van der Waals surface area contributed by atoms with E-state index in [1.807, 2.05) is 18.2 Å². The predicted octanol–water partition coefficient (Wildman–Crippen LogP) is 2.05. The van der Waals surface area contributed by atoms with Crippen LogP contribution in [-0.2, 0) is 10.8 Å². The molecular formula is C13H11NO3S. The van der Waals surface area contributed by atoms with Crippen LogP contribution in [0.15, 0.2) is 52.0 Å². The summed E-state index contributed by atoms with van der Waals surface area (Å²) < 4.78 is 17.0. The summed E-state index contributed by atoms with van der Waals surface area (Å²) in [5, 5.41) is 0. The summed E-state index contributed by atoms with van der Waals surface area (Å²) in [6.45, 7) is 0.448. The lowest BCUT2D eigenvalue weighted by Crippen LogP contribution is -2.38. The van der Waals surface area contributed by atoms with E-state index in [1.165, 1.54) is 6.26 Å². The Kier molecular flexibility index (Phi) is 2.76. The zero-order chi connectivity index (χ0) is 12.5. The van der Waals surface area contributed by atoms with Crippen molar-refractivity contribution in [3.8, 4) is 0 Å². The number of nitrogens with zero attached hydrogens (tertiary/aromatic N) is 1. The quantitative estimate of drug-likeness (QED) is 0.789. The van der Waals surface area contributed by atoms with E-state index in [0.717, 1.165) is 0 Å². The molecule has 3 rings (SSSR count). The van der Waals surface area contributed by atoms with Gasteiger partial charge in [0.05, 0.1) is 27.6 Å². The van der Waals surface area contributed by atoms with E-state index in [4.69, 9.17) is 4.42 Å². The Balaban J connectivity index is 2.03. The first-order chi connectivity index (χ1) is 8.77. The second-order valence-corrected chi connectivity index (χ2v) is 5.49. The number of benzene rings is 1. The number of fused-ring (bicyclic) bond motifs is 1. The van der Waals surface area contributed by atoms with E-state index in [-0.39, 0.29) is 5.91 Å². The molecular weight excluding hydrogens is 250 g/mol. The van der Waals surface area contributed by atoms with Crippen LogP contribution in [0.3, 0.4) is 0 Å². The van der Waals surface area contributed by atoms with Gasteiger partial charge in [0.2, 0.25) is 0 Å². The van der Waals surface area contributed by atoms with E-state index < -0.39 is 10.8 Å². The number of carbonyl (C=O) groups is 1. The van der Waals surface area contributed by atoms with Crippen LogP contribution in [0.4, 0.5) is 5.69 Å². The van der Waals surface area contributed by atoms with Crippen molar-refractivity contribution in [1.82, 2.24) is 0 Å². The van der Waals surface area contributed by atoms with Crippen LogP contribution in [0, 0.1) is 0 Å². The summed E-state index contributed by atoms with van der Waals surface area (Å²) >= 11 is 0. The van der Waals surface area contributed by atoms with E-state index in [1.54, 1.807) is 23.1 Å². The average molecular weight is 261 g/mol. The zero-order valence-corrected chi connectivity index (χ0v) is 10.4. The number of rotatable bonds is 1. The SMILES string of the molecule is O=C(c1ccco1)N1CCS(=O)c2ccccc21. The fourth-order valence-electron chi connectivity index (χ4n) is 2.02. The summed E-state index contributed by atoms with van der Waals surface area (Å²) in [5.41, 5.74) is 0.712. The molecule has 1 aliphatic heterocycles. The van der Waals surface area contributed by atoms with Gasteiger partial charge >= 0.3 is 0 Å². The lowest BCUT2D eigenvalue weighted by Gasteiger charge is -2.28. The smallest absolute Gasteiger partial charge is 0.294 e. The Labute approximate surface area is 107 Å². The van der Waals surface area contributed by atoms with Gasteiger partial charge in [0.15, 0.2) is 5.76 Å². The maximum absolute atomic E-state index is 12.3. The second kappa shape index (κ2) is 4.42. The van der Waals surface area contributed by atoms with Crippen LogP contribution < -0.4 is 4.90 Å². The maximum atomic E-state index is 12.3. The zero-order valence-electron chi connectivity index (χ0n) is 9.54. The molecule has 0 spiro atoms. The van der Waals surface area contributed by atoms with Crippen molar-refractivity contribution >= 4 is 22.4 Å². The topological polar surface area (TPSA) is 50.5 Å². The van der Waals surface area contributed by atoms with Gasteiger partial charge in [0.1, 0.15) is 0 Å². The largest absolute Gasteiger partial charge is 0.459 e. The summed E-state index contributed by atoms with van der Waals surface area (Å²) in [4.78, 5) is 14.6. The van der Waals surface area contributed by atoms with E-state index in [2.05, 4.69) is 0 Å². The van der Waals surface area contributed by atoms with Crippen molar-refractivity contribution in [3.05, 3.63) is 48.4 Å². The van der Waals surface area contributed by atoms with Crippen LogP contribution in [0.5, 0.6) is 0 Å². The minimum Gasteiger partial charge on any atom is -0.459 e. The van der Waals surface area contributed by atoms with Gasteiger partial charge in [-0.25, -0.2) is 0 Å². The number of furan rings is 1. The minimum absolute atomic E-state index is 0.191. The normalized spacial score (nSPS) is 18.4. The van der Waals surface area contributed by atoms with Crippen LogP contribution >= 0.6 is 0 Å². The van der Waals surface area contributed by atoms with Gasteiger partial charge in [-0.05, 0) is 24.3 Å². The Morgan fingerprint density at radius 3 is 2.83 bits per heavy atom. The van der Waals surface area contributed by atoms with E-state index in [0.29, 0.717) is 28.6 Å².